The molecule has 220 valence electrons. The second kappa shape index (κ2) is 15.1. The Kier molecular flexibility index (Phi) is 12.1. The van der Waals surface area contributed by atoms with Crippen molar-refractivity contribution in [1.82, 2.24) is 9.80 Å². The van der Waals surface area contributed by atoms with E-state index in [1.165, 1.54) is 36.0 Å². The number of alkyl halides is 3. The predicted molar refractivity (Wildman–Crippen MR) is 159 cm³/mol. The maximum atomic E-state index is 13.3. The van der Waals surface area contributed by atoms with Crippen LogP contribution in [0.25, 0.3) is 5.57 Å². The van der Waals surface area contributed by atoms with Crippen LogP contribution in [0.4, 0.5) is 13.2 Å². The molecule has 2 N–H and O–H groups in total. The third-order valence-electron chi connectivity index (χ3n) is 6.76. The van der Waals surface area contributed by atoms with E-state index >= 15 is 0 Å². The SMILES string of the molecule is Cl.O=C(O)c1ccc(Cl)cc1.OCCN1CCN(CC/C=C2/c3ccccc3Sc3ccc(C(F)(F)F)cc32)CC1. The molecule has 0 saturated carbocycles. The minimum Gasteiger partial charge on any atom is -0.478 e. The Morgan fingerprint density at radius 3 is 2.12 bits per heavy atom. The first-order valence-corrected chi connectivity index (χ1v) is 14.1. The average molecular weight is 628 g/mol. The lowest BCUT2D eigenvalue weighted by Crippen LogP contribution is -2.47. The molecule has 3 aromatic rings. The van der Waals surface area contributed by atoms with Crippen LogP contribution < -0.4 is 0 Å². The largest absolute Gasteiger partial charge is 0.478 e. The number of carboxylic acid groups (broad SMARTS) is 1. The van der Waals surface area contributed by atoms with Crippen molar-refractivity contribution in [3.8, 4) is 0 Å². The zero-order valence-electron chi connectivity index (χ0n) is 22.1. The maximum absolute atomic E-state index is 13.3. The molecule has 0 bridgehead atoms. The number of hydrogen-bond donors (Lipinski definition) is 2. The highest BCUT2D eigenvalue weighted by molar-refractivity contribution is 7.99. The molecular formula is C30H31Cl2F3N2O3S. The summed E-state index contributed by atoms with van der Waals surface area (Å²) in [5.74, 6) is -0.934. The van der Waals surface area contributed by atoms with Crippen LogP contribution in [-0.2, 0) is 6.18 Å². The van der Waals surface area contributed by atoms with Crippen LogP contribution >= 0.6 is 35.8 Å². The van der Waals surface area contributed by atoms with E-state index in [4.69, 9.17) is 21.8 Å². The molecule has 0 unspecified atom stereocenters. The summed E-state index contributed by atoms with van der Waals surface area (Å²) in [6.45, 7) is 5.55. The number of piperazine rings is 1. The van der Waals surface area contributed by atoms with Gasteiger partial charge in [-0.2, -0.15) is 13.2 Å². The van der Waals surface area contributed by atoms with Crippen LogP contribution in [0.15, 0.2) is 82.6 Å². The smallest absolute Gasteiger partial charge is 0.416 e. The van der Waals surface area contributed by atoms with E-state index in [0.29, 0.717) is 17.1 Å². The fourth-order valence-corrected chi connectivity index (χ4v) is 5.84. The van der Waals surface area contributed by atoms with Gasteiger partial charge in [0.15, 0.2) is 0 Å². The van der Waals surface area contributed by atoms with E-state index in [9.17, 15) is 18.0 Å². The van der Waals surface area contributed by atoms with E-state index in [1.54, 1.807) is 18.2 Å². The molecule has 3 aromatic carbocycles. The number of β-amino-alcohol motifs (C(OH)–C–C–N with tert-alkyl or cyclic N) is 1. The van der Waals surface area contributed by atoms with Crippen LogP contribution in [-0.4, -0.2) is 71.9 Å². The van der Waals surface area contributed by atoms with Crippen molar-refractivity contribution < 1.29 is 28.2 Å². The standard InChI is InChI=1S/C23H25F3N2OS.C7H5ClO2.ClH/c24-23(25,26)17-7-8-22-20(16-17)18(19-4-1-2-6-21(19)30-22)5-3-9-27-10-12-28(13-11-27)14-15-29;8-6-3-1-5(2-4-6)7(9)10;/h1-2,4-8,16,29H,3,9-15H2;1-4H,(H,9,10);1H/b18-5-;;. The summed E-state index contributed by atoms with van der Waals surface area (Å²) in [7, 11) is 0. The number of fused-ring (bicyclic) bond motifs is 2. The Bertz CT molecular complexity index is 1350. The quantitative estimate of drug-likeness (QED) is 0.239. The number of carbonyl (C=O) groups is 1. The molecule has 1 saturated heterocycles. The van der Waals surface area contributed by atoms with Crippen molar-refractivity contribution >= 4 is 47.3 Å². The summed E-state index contributed by atoms with van der Waals surface area (Å²) in [4.78, 5) is 16.8. The van der Waals surface area contributed by atoms with Crippen LogP contribution in [0.1, 0.15) is 33.5 Å². The zero-order valence-corrected chi connectivity index (χ0v) is 24.5. The number of rotatable bonds is 6. The van der Waals surface area contributed by atoms with Crippen molar-refractivity contribution in [1.29, 1.82) is 0 Å². The summed E-state index contributed by atoms with van der Waals surface area (Å²) < 4.78 is 39.9. The molecule has 5 rings (SSSR count). The molecular weight excluding hydrogens is 596 g/mol. The molecule has 11 heteroatoms. The van der Waals surface area contributed by atoms with E-state index in [2.05, 4.69) is 15.9 Å². The number of nitrogens with zero attached hydrogens (tertiary/aromatic N) is 2. The van der Waals surface area contributed by atoms with Gasteiger partial charge in [0.25, 0.3) is 0 Å². The van der Waals surface area contributed by atoms with E-state index in [-0.39, 0.29) is 24.6 Å². The topological polar surface area (TPSA) is 64.0 Å². The monoisotopic (exact) mass is 626 g/mol. The van der Waals surface area contributed by atoms with Crippen molar-refractivity contribution in [2.45, 2.75) is 22.4 Å². The molecule has 0 aromatic heterocycles. The first kappa shape index (κ1) is 33.0. The summed E-state index contributed by atoms with van der Waals surface area (Å²) in [6, 6.07) is 18.0. The summed E-state index contributed by atoms with van der Waals surface area (Å²) in [5, 5.41) is 18.0. The highest BCUT2D eigenvalue weighted by atomic mass is 35.5. The Hall–Kier alpha value is -2.53. The van der Waals surface area contributed by atoms with Gasteiger partial charge in [-0.15, -0.1) is 12.4 Å². The van der Waals surface area contributed by atoms with Gasteiger partial charge in [-0.25, -0.2) is 4.79 Å². The molecule has 0 spiro atoms. The van der Waals surface area contributed by atoms with Crippen LogP contribution in [0.3, 0.4) is 0 Å². The van der Waals surface area contributed by atoms with Gasteiger partial charge in [0, 0.05) is 54.1 Å². The van der Waals surface area contributed by atoms with Gasteiger partial charge in [0.1, 0.15) is 0 Å². The first-order chi connectivity index (χ1) is 19.2. The second-order valence-corrected chi connectivity index (χ2v) is 11.0. The number of hydrogen-bond acceptors (Lipinski definition) is 5. The Labute approximate surface area is 253 Å². The average Bonchev–Trinajstić information content (AvgIpc) is 2.93. The molecule has 2 heterocycles. The number of aliphatic hydroxyl groups excluding tert-OH is 1. The van der Waals surface area contributed by atoms with Crippen LogP contribution in [0.5, 0.6) is 0 Å². The maximum Gasteiger partial charge on any atom is 0.416 e. The van der Waals surface area contributed by atoms with Gasteiger partial charge >= 0.3 is 12.1 Å². The predicted octanol–water partition coefficient (Wildman–Crippen LogP) is 7.06. The van der Waals surface area contributed by atoms with Crippen LogP contribution in [0, 0.1) is 0 Å². The third-order valence-corrected chi connectivity index (χ3v) is 8.16. The van der Waals surface area contributed by atoms with Gasteiger partial charge < -0.3 is 15.1 Å². The summed E-state index contributed by atoms with van der Waals surface area (Å²) >= 11 is 7.05. The molecule has 0 atom stereocenters. The van der Waals surface area contributed by atoms with Crippen LogP contribution in [0.2, 0.25) is 5.02 Å². The first-order valence-electron chi connectivity index (χ1n) is 12.9. The normalized spacial score (nSPS) is 16.2. The molecule has 1 fully saturated rings. The minimum absolute atomic E-state index is 0. The van der Waals surface area contributed by atoms with Crippen molar-refractivity contribution in [2.24, 2.45) is 0 Å². The van der Waals surface area contributed by atoms with E-state index in [0.717, 1.165) is 60.1 Å². The number of halogens is 5. The molecule has 2 aliphatic heterocycles. The summed E-state index contributed by atoms with van der Waals surface area (Å²) in [5.41, 5.74) is 2.21. The highest BCUT2D eigenvalue weighted by Crippen LogP contribution is 2.47. The number of aromatic carboxylic acids is 1. The minimum atomic E-state index is -4.35. The summed E-state index contributed by atoms with van der Waals surface area (Å²) in [6.07, 6.45) is -1.47. The fourth-order valence-electron chi connectivity index (χ4n) is 4.63. The Morgan fingerprint density at radius 2 is 1.51 bits per heavy atom. The van der Waals surface area contributed by atoms with E-state index < -0.39 is 17.7 Å². The lowest BCUT2D eigenvalue weighted by Gasteiger charge is -2.34. The van der Waals surface area contributed by atoms with Gasteiger partial charge in [-0.1, -0.05) is 47.6 Å². The lowest BCUT2D eigenvalue weighted by molar-refractivity contribution is -0.137. The molecule has 41 heavy (non-hydrogen) atoms. The van der Waals surface area contributed by atoms with Gasteiger partial charge in [0.05, 0.1) is 17.7 Å². The number of aliphatic hydroxyl groups is 1. The van der Waals surface area contributed by atoms with Gasteiger partial charge in [-0.05, 0) is 71.7 Å². The molecule has 5 nitrogen and oxygen atoms in total. The molecule has 2 aliphatic rings. The third kappa shape index (κ3) is 8.98. The Morgan fingerprint density at radius 1 is 0.902 bits per heavy atom. The van der Waals surface area contributed by atoms with Gasteiger partial charge in [-0.3, -0.25) is 4.90 Å². The second-order valence-electron chi connectivity index (χ2n) is 9.43. The Balaban J connectivity index is 0.000000357. The van der Waals surface area contributed by atoms with Crippen molar-refractivity contribution in [2.75, 3.05) is 45.9 Å². The van der Waals surface area contributed by atoms with E-state index in [1.807, 2.05) is 24.3 Å². The zero-order chi connectivity index (χ0) is 28.7. The van der Waals surface area contributed by atoms with Gasteiger partial charge in [0.2, 0.25) is 0 Å². The molecule has 0 amide bonds. The molecule has 0 radical (unpaired) electrons. The van der Waals surface area contributed by atoms with Crippen molar-refractivity contribution in [3.63, 3.8) is 0 Å². The van der Waals surface area contributed by atoms with Crippen molar-refractivity contribution in [3.05, 3.63) is 100 Å². The molecule has 0 aliphatic carbocycles. The highest BCUT2D eigenvalue weighted by Gasteiger charge is 2.32. The lowest BCUT2D eigenvalue weighted by atomic mass is 9.94. The fraction of sp³-hybridized carbons (Fsp3) is 0.300. The number of benzene rings is 3. The number of carboxylic acids is 1.